The topological polar surface area (TPSA) is 71.1 Å². The first-order valence-electron chi connectivity index (χ1n) is 7.08. The quantitative estimate of drug-likeness (QED) is 0.574. The van der Waals surface area contributed by atoms with Crippen LogP contribution in [-0.2, 0) is 0 Å². The van der Waals surface area contributed by atoms with Crippen molar-refractivity contribution in [2.45, 2.75) is 0 Å². The van der Waals surface area contributed by atoms with Crippen molar-refractivity contribution >= 4 is 11.6 Å². The molecule has 0 aromatic heterocycles. The smallest absolute Gasteiger partial charge is 0.233 e. The Bertz CT molecular complexity index is 701. The lowest BCUT2D eigenvalue weighted by Gasteiger charge is -2.10. The number of carbonyl (C=O) groups is 2. The molecule has 24 heavy (non-hydrogen) atoms. The van der Waals surface area contributed by atoms with E-state index >= 15 is 0 Å². The van der Waals surface area contributed by atoms with E-state index in [0.29, 0.717) is 23.0 Å². The maximum atomic E-state index is 12.4. The monoisotopic (exact) mass is 330 g/mol. The molecule has 0 N–H and O–H groups in total. The van der Waals surface area contributed by atoms with E-state index in [1.54, 1.807) is 12.1 Å². The Morgan fingerprint density at radius 1 is 0.583 bits per heavy atom. The molecule has 126 valence electrons. The molecule has 0 heterocycles. The minimum Gasteiger partial charge on any atom is -0.493 e. The third-order valence-electron chi connectivity index (χ3n) is 3.50. The van der Waals surface area contributed by atoms with Crippen LogP contribution in [0.4, 0.5) is 0 Å². The van der Waals surface area contributed by atoms with E-state index < -0.39 is 11.6 Å². The van der Waals surface area contributed by atoms with Crippen LogP contribution in [0.1, 0.15) is 20.7 Å². The molecule has 0 atom stereocenters. The van der Waals surface area contributed by atoms with Gasteiger partial charge < -0.3 is 18.9 Å². The van der Waals surface area contributed by atoms with Gasteiger partial charge in [-0.05, 0) is 36.4 Å². The molecule has 0 radical (unpaired) electrons. The molecule has 6 heteroatoms. The molecule has 0 fully saturated rings. The summed E-state index contributed by atoms with van der Waals surface area (Å²) in [7, 11) is 5.91. The Morgan fingerprint density at radius 2 is 0.917 bits per heavy atom. The van der Waals surface area contributed by atoms with Crippen molar-refractivity contribution in [1.82, 2.24) is 0 Å². The zero-order valence-corrected chi connectivity index (χ0v) is 13.9. The minimum atomic E-state index is -0.650. The summed E-state index contributed by atoms with van der Waals surface area (Å²) in [4.78, 5) is 24.9. The van der Waals surface area contributed by atoms with E-state index in [1.165, 1.54) is 52.7 Å². The van der Waals surface area contributed by atoms with Crippen molar-refractivity contribution < 1.29 is 28.5 Å². The highest BCUT2D eigenvalue weighted by Gasteiger charge is 2.21. The van der Waals surface area contributed by atoms with Crippen molar-refractivity contribution in [2.75, 3.05) is 28.4 Å². The summed E-state index contributed by atoms with van der Waals surface area (Å²) in [6, 6.07) is 9.13. The lowest BCUT2D eigenvalue weighted by atomic mass is 10.0. The van der Waals surface area contributed by atoms with Crippen molar-refractivity contribution in [2.24, 2.45) is 0 Å². The number of rotatable bonds is 7. The molecular weight excluding hydrogens is 312 g/mol. The van der Waals surface area contributed by atoms with E-state index in [2.05, 4.69) is 0 Å². The number of methoxy groups -OCH3 is 4. The molecule has 0 saturated carbocycles. The van der Waals surface area contributed by atoms with E-state index in [0.717, 1.165) is 0 Å². The summed E-state index contributed by atoms with van der Waals surface area (Å²) in [6.45, 7) is 0. The van der Waals surface area contributed by atoms with E-state index in [4.69, 9.17) is 18.9 Å². The van der Waals surface area contributed by atoms with Crippen LogP contribution in [0, 0.1) is 0 Å². The zero-order chi connectivity index (χ0) is 17.7. The maximum absolute atomic E-state index is 12.4. The fourth-order valence-corrected chi connectivity index (χ4v) is 2.22. The van der Waals surface area contributed by atoms with Gasteiger partial charge in [-0.15, -0.1) is 0 Å². The van der Waals surface area contributed by atoms with Gasteiger partial charge in [0.25, 0.3) is 0 Å². The van der Waals surface area contributed by atoms with Gasteiger partial charge in [0, 0.05) is 11.1 Å². The van der Waals surface area contributed by atoms with E-state index in [1.807, 2.05) is 0 Å². The number of hydrogen-bond donors (Lipinski definition) is 0. The first-order valence-corrected chi connectivity index (χ1v) is 7.08. The van der Waals surface area contributed by atoms with E-state index in [9.17, 15) is 9.59 Å². The highest BCUT2D eigenvalue weighted by atomic mass is 16.5. The minimum absolute atomic E-state index is 0.215. The highest BCUT2D eigenvalue weighted by molar-refractivity contribution is 6.49. The van der Waals surface area contributed by atoms with E-state index in [-0.39, 0.29) is 11.1 Å². The van der Waals surface area contributed by atoms with Gasteiger partial charge in [0.15, 0.2) is 23.0 Å². The van der Waals surface area contributed by atoms with Gasteiger partial charge in [0.05, 0.1) is 28.4 Å². The summed E-state index contributed by atoms with van der Waals surface area (Å²) in [6.07, 6.45) is 0. The van der Waals surface area contributed by atoms with Crippen LogP contribution in [0.3, 0.4) is 0 Å². The molecule has 0 aliphatic rings. The van der Waals surface area contributed by atoms with Gasteiger partial charge in [-0.3, -0.25) is 9.59 Å². The Balaban J connectivity index is 2.34. The van der Waals surface area contributed by atoms with Gasteiger partial charge >= 0.3 is 0 Å². The molecule has 0 amide bonds. The third kappa shape index (κ3) is 3.32. The average molecular weight is 330 g/mol. The maximum Gasteiger partial charge on any atom is 0.233 e. The van der Waals surface area contributed by atoms with Crippen LogP contribution in [0.2, 0.25) is 0 Å². The van der Waals surface area contributed by atoms with Gasteiger partial charge in [0.1, 0.15) is 0 Å². The Kier molecular flexibility index (Phi) is 5.42. The standard InChI is InChI=1S/C18H18O6/c1-21-13-7-5-11(9-15(13)23-3)17(19)18(20)12-6-8-14(22-2)16(10-12)24-4/h5-10H,1-4H3. The first-order chi connectivity index (χ1) is 11.5. The molecule has 6 nitrogen and oxygen atoms in total. The lowest BCUT2D eigenvalue weighted by molar-refractivity contribution is 0.0816. The molecule has 0 bridgehead atoms. The van der Waals surface area contributed by atoms with Gasteiger partial charge in [0.2, 0.25) is 11.6 Å². The normalized spacial score (nSPS) is 10.0. The second-order valence-corrected chi connectivity index (χ2v) is 4.80. The Morgan fingerprint density at radius 3 is 1.21 bits per heavy atom. The second kappa shape index (κ2) is 7.50. The lowest BCUT2D eigenvalue weighted by Crippen LogP contribution is -2.15. The molecule has 0 saturated heterocycles. The predicted molar refractivity (Wildman–Crippen MR) is 87.8 cm³/mol. The highest BCUT2D eigenvalue weighted by Crippen LogP contribution is 2.30. The van der Waals surface area contributed by atoms with Crippen LogP contribution in [0.5, 0.6) is 23.0 Å². The number of hydrogen-bond acceptors (Lipinski definition) is 6. The molecule has 0 aliphatic heterocycles. The fraction of sp³-hybridized carbons (Fsp3) is 0.222. The number of ether oxygens (including phenoxy) is 4. The predicted octanol–water partition coefficient (Wildman–Crippen LogP) is 2.79. The number of ketones is 2. The number of benzene rings is 2. The van der Waals surface area contributed by atoms with Crippen LogP contribution in [-0.4, -0.2) is 40.0 Å². The largest absolute Gasteiger partial charge is 0.493 e. The first kappa shape index (κ1) is 17.3. The van der Waals surface area contributed by atoms with Crippen LogP contribution >= 0.6 is 0 Å². The number of Topliss-reactive ketones (excluding diaryl/α,β-unsaturated/α-hetero) is 2. The van der Waals surface area contributed by atoms with Gasteiger partial charge in [-0.25, -0.2) is 0 Å². The van der Waals surface area contributed by atoms with Crippen molar-refractivity contribution in [3.05, 3.63) is 47.5 Å². The average Bonchev–Trinajstić information content (AvgIpc) is 2.65. The fourth-order valence-electron chi connectivity index (χ4n) is 2.22. The number of carbonyl (C=O) groups excluding carboxylic acids is 2. The summed E-state index contributed by atoms with van der Waals surface area (Å²) in [5.74, 6) is 0.415. The van der Waals surface area contributed by atoms with Gasteiger partial charge in [-0.1, -0.05) is 0 Å². The zero-order valence-electron chi connectivity index (χ0n) is 13.9. The van der Waals surface area contributed by atoms with Crippen LogP contribution < -0.4 is 18.9 Å². The van der Waals surface area contributed by atoms with Gasteiger partial charge in [-0.2, -0.15) is 0 Å². The second-order valence-electron chi connectivity index (χ2n) is 4.80. The summed E-state index contributed by atoms with van der Waals surface area (Å²) in [5.41, 5.74) is 0.430. The van der Waals surface area contributed by atoms with Crippen molar-refractivity contribution in [1.29, 1.82) is 0 Å². The molecule has 0 unspecified atom stereocenters. The summed E-state index contributed by atoms with van der Waals surface area (Å²) >= 11 is 0. The van der Waals surface area contributed by atoms with Crippen molar-refractivity contribution in [3.8, 4) is 23.0 Å². The third-order valence-corrected chi connectivity index (χ3v) is 3.50. The molecular formula is C18H18O6. The molecule has 0 spiro atoms. The Labute approximate surface area is 139 Å². The molecule has 2 aromatic rings. The Hall–Kier alpha value is -3.02. The van der Waals surface area contributed by atoms with Crippen LogP contribution in [0.25, 0.3) is 0 Å². The van der Waals surface area contributed by atoms with Crippen molar-refractivity contribution in [3.63, 3.8) is 0 Å². The molecule has 0 aliphatic carbocycles. The SMILES string of the molecule is COc1ccc(C(=O)C(=O)c2ccc(OC)c(OC)c2)cc1OC. The summed E-state index contributed by atoms with van der Waals surface area (Å²) in [5, 5.41) is 0. The molecule has 2 aromatic carbocycles. The molecule has 2 rings (SSSR count). The van der Waals surface area contributed by atoms with Crippen LogP contribution in [0.15, 0.2) is 36.4 Å². The summed E-state index contributed by atoms with van der Waals surface area (Å²) < 4.78 is 20.5.